The Labute approximate surface area is 210 Å². The molecule has 0 unspecified atom stereocenters. The molecule has 0 spiro atoms. The van der Waals surface area contributed by atoms with Crippen LogP contribution in [0, 0.1) is 12.8 Å². The summed E-state index contributed by atoms with van der Waals surface area (Å²) < 4.78 is 11.7. The molecule has 1 aliphatic heterocycles. The minimum absolute atomic E-state index is 0.0735. The second kappa shape index (κ2) is 11.1. The smallest absolute Gasteiger partial charge is 0.243 e. The minimum atomic E-state index is -0.466. The first-order valence-corrected chi connectivity index (χ1v) is 11.9. The van der Waals surface area contributed by atoms with E-state index in [4.69, 9.17) is 21.1 Å². The van der Waals surface area contributed by atoms with Crippen molar-refractivity contribution < 1.29 is 19.1 Å². The van der Waals surface area contributed by atoms with Gasteiger partial charge in [-0.15, -0.1) is 0 Å². The number of nitrogens with one attached hydrogen (secondary N) is 2. The van der Waals surface area contributed by atoms with Crippen molar-refractivity contribution in [1.29, 1.82) is 0 Å². The van der Waals surface area contributed by atoms with Crippen LogP contribution in [-0.4, -0.2) is 25.0 Å². The largest absolute Gasteiger partial charge is 0.490 e. The van der Waals surface area contributed by atoms with E-state index in [0.29, 0.717) is 42.0 Å². The molecule has 0 bridgehead atoms. The van der Waals surface area contributed by atoms with E-state index in [-0.39, 0.29) is 18.2 Å². The van der Waals surface area contributed by atoms with Crippen LogP contribution in [0.2, 0.25) is 5.02 Å². The zero-order valence-corrected chi connectivity index (χ0v) is 20.5. The molecule has 0 aliphatic carbocycles. The molecule has 35 heavy (non-hydrogen) atoms. The minimum Gasteiger partial charge on any atom is -0.490 e. The number of carbonyl (C=O) groups excluding carboxylic acids is 2. The van der Waals surface area contributed by atoms with Gasteiger partial charge in [0.2, 0.25) is 11.8 Å². The lowest BCUT2D eigenvalue weighted by atomic mass is 10.1. The highest BCUT2D eigenvalue weighted by atomic mass is 35.5. The van der Waals surface area contributed by atoms with Gasteiger partial charge in [-0.05, 0) is 37.6 Å². The SMILES string of the molecule is CCOc1cc(NNC(=O)[C@@H]2CC(=O)N(c3ccc(C)cc3)C2)cc(Cl)c1OCc1ccccc1. The quantitative estimate of drug-likeness (QED) is 0.404. The van der Waals surface area contributed by atoms with Crippen LogP contribution in [0.25, 0.3) is 0 Å². The molecule has 1 aliphatic rings. The summed E-state index contributed by atoms with van der Waals surface area (Å²) in [4.78, 5) is 26.9. The fraction of sp³-hybridized carbons (Fsp3) is 0.259. The third-order valence-corrected chi connectivity index (χ3v) is 5.99. The zero-order valence-electron chi connectivity index (χ0n) is 19.7. The monoisotopic (exact) mass is 493 g/mol. The average molecular weight is 494 g/mol. The van der Waals surface area contributed by atoms with Crippen LogP contribution in [0.1, 0.15) is 24.5 Å². The predicted octanol–water partition coefficient (Wildman–Crippen LogP) is 5.12. The standard InChI is InChI=1S/C27H28ClN3O4/c1-3-34-24-15-21(14-23(28)26(24)35-17-19-7-5-4-6-8-19)29-30-27(33)20-13-25(32)31(16-20)22-11-9-18(2)10-12-22/h4-12,14-15,20,29H,3,13,16-17H2,1-2H3,(H,30,33)/t20-/m1/s1. The molecule has 4 rings (SSSR count). The third-order valence-electron chi connectivity index (χ3n) is 5.71. The van der Waals surface area contributed by atoms with Gasteiger partial charge in [-0.1, -0.05) is 59.6 Å². The number of aryl methyl sites for hydroxylation is 1. The number of hydrogen-bond donors (Lipinski definition) is 2. The summed E-state index contributed by atoms with van der Waals surface area (Å²) in [5, 5.41) is 0.352. The van der Waals surface area contributed by atoms with Crippen molar-refractivity contribution in [2.75, 3.05) is 23.5 Å². The van der Waals surface area contributed by atoms with Crippen LogP contribution in [0.5, 0.6) is 11.5 Å². The molecular weight excluding hydrogens is 466 g/mol. The van der Waals surface area contributed by atoms with Crippen LogP contribution in [0.3, 0.4) is 0 Å². The molecule has 8 heteroatoms. The predicted molar refractivity (Wildman–Crippen MR) is 137 cm³/mol. The van der Waals surface area contributed by atoms with Crippen LogP contribution in [0.15, 0.2) is 66.7 Å². The van der Waals surface area contributed by atoms with Crippen molar-refractivity contribution in [1.82, 2.24) is 5.43 Å². The summed E-state index contributed by atoms with van der Waals surface area (Å²) >= 11 is 6.49. The fourth-order valence-electron chi connectivity index (χ4n) is 3.87. The Morgan fingerprint density at radius 1 is 1.09 bits per heavy atom. The summed E-state index contributed by atoms with van der Waals surface area (Å²) in [5.74, 6) is 0.0901. The van der Waals surface area contributed by atoms with Crippen LogP contribution in [-0.2, 0) is 16.2 Å². The van der Waals surface area contributed by atoms with E-state index < -0.39 is 5.92 Å². The number of amides is 2. The summed E-state index contributed by atoms with van der Waals surface area (Å²) in [7, 11) is 0. The number of ether oxygens (including phenoxy) is 2. The lowest BCUT2D eigenvalue weighted by molar-refractivity contribution is -0.125. The molecule has 1 atom stereocenters. The topological polar surface area (TPSA) is 79.9 Å². The first-order valence-electron chi connectivity index (χ1n) is 11.5. The maximum atomic E-state index is 12.8. The van der Waals surface area contributed by atoms with Gasteiger partial charge in [-0.3, -0.25) is 20.4 Å². The molecule has 0 aromatic heterocycles. The number of halogens is 1. The van der Waals surface area contributed by atoms with Crippen molar-refractivity contribution in [2.45, 2.75) is 26.9 Å². The first kappa shape index (κ1) is 24.4. The van der Waals surface area contributed by atoms with Crippen LogP contribution < -0.4 is 25.2 Å². The molecule has 182 valence electrons. The van der Waals surface area contributed by atoms with Gasteiger partial charge in [-0.2, -0.15) is 0 Å². The second-order valence-electron chi connectivity index (χ2n) is 8.35. The van der Waals surface area contributed by atoms with Gasteiger partial charge >= 0.3 is 0 Å². The summed E-state index contributed by atoms with van der Waals surface area (Å²) in [6.07, 6.45) is 0.151. The molecule has 0 radical (unpaired) electrons. The van der Waals surface area contributed by atoms with Crippen LogP contribution in [0.4, 0.5) is 11.4 Å². The number of rotatable bonds is 9. The molecule has 1 fully saturated rings. The highest BCUT2D eigenvalue weighted by Gasteiger charge is 2.35. The Kier molecular flexibility index (Phi) is 7.77. The molecule has 7 nitrogen and oxygen atoms in total. The van der Waals surface area contributed by atoms with E-state index >= 15 is 0 Å². The third kappa shape index (κ3) is 6.05. The van der Waals surface area contributed by atoms with Gasteiger partial charge in [0.15, 0.2) is 11.5 Å². The maximum Gasteiger partial charge on any atom is 0.243 e. The van der Waals surface area contributed by atoms with Gasteiger partial charge in [0.25, 0.3) is 0 Å². The first-order chi connectivity index (χ1) is 16.9. The highest BCUT2D eigenvalue weighted by Crippen LogP contribution is 2.39. The summed E-state index contributed by atoms with van der Waals surface area (Å²) in [6.45, 7) is 4.95. The van der Waals surface area contributed by atoms with E-state index in [9.17, 15) is 9.59 Å². The van der Waals surface area contributed by atoms with E-state index in [1.165, 1.54) is 0 Å². The van der Waals surface area contributed by atoms with E-state index in [1.54, 1.807) is 17.0 Å². The van der Waals surface area contributed by atoms with Crippen molar-refractivity contribution in [3.63, 3.8) is 0 Å². The van der Waals surface area contributed by atoms with E-state index in [2.05, 4.69) is 10.9 Å². The van der Waals surface area contributed by atoms with Gasteiger partial charge in [0, 0.05) is 24.7 Å². The number of hydrogen-bond acceptors (Lipinski definition) is 5. The van der Waals surface area contributed by atoms with Gasteiger partial charge < -0.3 is 14.4 Å². The molecular formula is C27H28ClN3O4. The zero-order chi connectivity index (χ0) is 24.8. The molecule has 1 saturated heterocycles. The Morgan fingerprint density at radius 3 is 2.54 bits per heavy atom. The Morgan fingerprint density at radius 2 is 1.83 bits per heavy atom. The fourth-order valence-corrected chi connectivity index (χ4v) is 4.13. The Balaban J connectivity index is 1.39. The maximum absolute atomic E-state index is 12.8. The second-order valence-corrected chi connectivity index (χ2v) is 8.76. The van der Waals surface area contributed by atoms with Crippen molar-refractivity contribution in [3.05, 3.63) is 82.9 Å². The molecule has 3 aromatic carbocycles. The van der Waals surface area contributed by atoms with Crippen LogP contribution >= 0.6 is 11.6 Å². The normalized spacial score (nSPS) is 15.1. The molecule has 1 heterocycles. The van der Waals surface area contributed by atoms with Crippen molar-refractivity contribution >= 4 is 34.8 Å². The van der Waals surface area contributed by atoms with Crippen molar-refractivity contribution in [3.8, 4) is 11.5 Å². The van der Waals surface area contributed by atoms with E-state index in [1.807, 2.05) is 68.4 Å². The average Bonchev–Trinajstić information content (AvgIpc) is 3.25. The lowest BCUT2D eigenvalue weighted by Gasteiger charge is -2.18. The number of carbonyl (C=O) groups is 2. The van der Waals surface area contributed by atoms with Crippen molar-refractivity contribution in [2.24, 2.45) is 5.92 Å². The summed E-state index contributed by atoms with van der Waals surface area (Å²) in [5.41, 5.74) is 9.04. The number of hydrazine groups is 1. The number of benzene rings is 3. The van der Waals surface area contributed by atoms with E-state index in [0.717, 1.165) is 16.8 Å². The number of anilines is 2. The Hall–Kier alpha value is -3.71. The molecule has 2 N–H and O–H groups in total. The Bertz CT molecular complexity index is 1190. The molecule has 3 aromatic rings. The summed E-state index contributed by atoms with van der Waals surface area (Å²) in [6, 6.07) is 20.8. The lowest BCUT2D eigenvalue weighted by Crippen LogP contribution is -2.36. The molecule has 0 saturated carbocycles. The molecule has 2 amide bonds. The number of nitrogens with zero attached hydrogens (tertiary/aromatic N) is 1. The van der Waals surface area contributed by atoms with Gasteiger partial charge in [0.05, 0.1) is 23.2 Å². The van der Waals surface area contributed by atoms with Gasteiger partial charge in [-0.25, -0.2) is 0 Å². The van der Waals surface area contributed by atoms with Gasteiger partial charge in [0.1, 0.15) is 6.61 Å². The highest BCUT2D eigenvalue weighted by molar-refractivity contribution is 6.32.